The molecule has 0 saturated heterocycles. The minimum Gasteiger partial charge on any atom is -0.346 e. The maximum absolute atomic E-state index is 12.4. The van der Waals surface area contributed by atoms with Gasteiger partial charge in [-0.25, -0.2) is 9.78 Å². The Morgan fingerprint density at radius 3 is 2.59 bits per heavy atom. The van der Waals surface area contributed by atoms with E-state index in [0.717, 1.165) is 17.0 Å². The smallest absolute Gasteiger partial charge is 0.325 e. The minimum absolute atomic E-state index is 0.262. The molecule has 138 valence electrons. The quantitative estimate of drug-likeness (QED) is 0.600. The Kier molecular flexibility index (Phi) is 6.00. The van der Waals surface area contributed by atoms with Crippen molar-refractivity contribution >= 4 is 45.7 Å². The van der Waals surface area contributed by atoms with E-state index in [-0.39, 0.29) is 5.91 Å². The van der Waals surface area contributed by atoms with Crippen LogP contribution in [0.5, 0.6) is 0 Å². The lowest BCUT2D eigenvalue weighted by Crippen LogP contribution is -2.23. The van der Waals surface area contributed by atoms with Gasteiger partial charge < -0.3 is 10.6 Å². The van der Waals surface area contributed by atoms with Crippen LogP contribution in [0.3, 0.4) is 0 Å². The van der Waals surface area contributed by atoms with Gasteiger partial charge in [0.05, 0.1) is 17.9 Å². The zero-order chi connectivity index (χ0) is 19.2. The van der Waals surface area contributed by atoms with Crippen LogP contribution in [0, 0.1) is 6.92 Å². The minimum atomic E-state index is -0.452. The molecule has 3 N–H and O–H groups in total. The number of nitrogens with zero attached hydrogens (tertiary/aromatic N) is 2. The number of urea groups is 1. The molecule has 1 aromatic carbocycles. The lowest BCUT2D eigenvalue weighted by Gasteiger charge is -2.05. The first-order valence-corrected chi connectivity index (χ1v) is 9.20. The summed E-state index contributed by atoms with van der Waals surface area (Å²) in [5, 5.41) is 9.01. The summed E-state index contributed by atoms with van der Waals surface area (Å²) in [6.07, 6.45) is 1.67. The van der Waals surface area contributed by atoms with Gasteiger partial charge in [-0.2, -0.15) is 0 Å². The molecule has 0 bridgehead atoms. The third kappa shape index (κ3) is 5.25. The fourth-order valence-corrected chi connectivity index (χ4v) is 3.21. The average Bonchev–Trinajstić information content (AvgIpc) is 3.02. The Balaban J connectivity index is 1.59. The number of anilines is 2. The number of hydrogen-bond acceptors (Lipinski definition) is 5. The lowest BCUT2D eigenvalue weighted by atomic mass is 10.3. The first kappa shape index (κ1) is 18.8. The molecule has 0 saturated carbocycles. The van der Waals surface area contributed by atoms with Crippen LogP contribution in [0.1, 0.15) is 21.1 Å². The van der Waals surface area contributed by atoms with Crippen molar-refractivity contribution < 1.29 is 9.59 Å². The standard InChI is InChI=1S/C18H16ClN5O2S/c1-11-15(16(25)21-10-14-4-2-3-9-20-14)27-18(22-11)24-17(26)23-13-7-5-12(19)6-8-13/h2-9H,10H2,1H3,(H,21,25)(H2,22,23,24,26). The van der Waals surface area contributed by atoms with E-state index < -0.39 is 6.03 Å². The number of hydrogen-bond donors (Lipinski definition) is 3. The highest BCUT2D eigenvalue weighted by molar-refractivity contribution is 7.17. The number of aromatic nitrogens is 2. The number of aryl methyl sites for hydroxylation is 1. The normalized spacial score (nSPS) is 10.3. The second kappa shape index (κ2) is 8.61. The van der Waals surface area contributed by atoms with Crippen molar-refractivity contribution in [3.8, 4) is 0 Å². The number of benzene rings is 1. The maximum Gasteiger partial charge on any atom is 0.325 e. The highest BCUT2D eigenvalue weighted by atomic mass is 35.5. The third-order valence-electron chi connectivity index (χ3n) is 3.48. The topological polar surface area (TPSA) is 96.0 Å². The van der Waals surface area contributed by atoms with Gasteiger partial charge in [0, 0.05) is 16.9 Å². The average molecular weight is 402 g/mol. The largest absolute Gasteiger partial charge is 0.346 e. The van der Waals surface area contributed by atoms with E-state index in [0.29, 0.717) is 33.0 Å². The first-order valence-electron chi connectivity index (χ1n) is 8.00. The van der Waals surface area contributed by atoms with Crippen LogP contribution in [0.15, 0.2) is 48.7 Å². The Morgan fingerprint density at radius 2 is 1.89 bits per heavy atom. The molecule has 3 amide bonds. The fraction of sp³-hybridized carbons (Fsp3) is 0.111. The number of thiazole rings is 1. The molecule has 3 rings (SSSR count). The van der Waals surface area contributed by atoms with Gasteiger partial charge in [0.15, 0.2) is 5.13 Å². The molecule has 27 heavy (non-hydrogen) atoms. The number of nitrogens with one attached hydrogen (secondary N) is 3. The van der Waals surface area contributed by atoms with Crippen LogP contribution >= 0.6 is 22.9 Å². The Hall–Kier alpha value is -2.97. The lowest BCUT2D eigenvalue weighted by molar-refractivity contribution is 0.0953. The molecular formula is C18H16ClN5O2S. The highest BCUT2D eigenvalue weighted by Crippen LogP contribution is 2.23. The summed E-state index contributed by atoms with van der Waals surface area (Å²) in [6, 6.07) is 11.8. The molecule has 2 aromatic heterocycles. The van der Waals surface area contributed by atoms with Gasteiger partial charge in [0.2, 0.25) is 0 Å². The van der Waals surface area contributed by atoms with Crippen molar-refractivity contribution in [2.24, 2.45) is 0 Å². The van der Waals surface area contributed by atoms with Gasteiger partial charge in [-0.1, -0.05) is 29.0 Å². The van der Waals surface area contributed by atoms with Crippen LogP contribution < -0.4 is 16.0 Å². The molecule has 0 fully saturated rings. The molecule has 2 heterocycles. The number of rotatable bonds is 5. The fourth-order valence-electron chi connectivity index (χ4n) is 2.21. The van der Waals surface area contributed by atoms with Crippen LogP contribution in [-0.2, 0) is 6.54 Å². The molecule has 0 spiro atoms. The Labute approximate surface area is 164 Å². The molecular weight excluding hydrogens is 386 g/mol. The van der Waals surface area contributed by atoms with Crippen molar-refractivity contribution in [1.29, 1.82) is 0 Å². The van der Waals surface area contributed by atoms with Gasteiger partial charge in [0.1, 0.15) is 4.88 Å². The number of halogens is 1. The molecule has 9 heteroatoms. The summed E-state index contributed by atoms with van der Waals surface area (Å²) in [5.41, 5.74) is 1.90. The van der Waals surface area contributed by atoms with Crippen molar-refractivity contribution in [1.82, 2.24) is 15.3 Å². The first-order chi connectivity index (χ1) is 13.0. The Morgan fingerprint density at radius 1 is 1.11 bits per heavy atom. The molecule has 0 aliphatic rings. The summed E-state index contributed by atoms with van der Waals surface area (Å²) in [5.74, 6) is -0.262. The maximum atomic E-state index is 12.4. The summed E-state index contributed by atoms with van der Waals surface area (Å²) in [4.78, 5) is 33.2. The van der Waals surface area contributed by atoms with Crippen molar-refractivity contribution in [2.45, 2.75) is 13.5 Å². The zero-order valence-corrected chi connectivity index (χ0v) is 15.9. The van der Waals surface area contributed by atoms with Gasteiger partial charge >= 0.3 is 6.03 Å². The van der Waals surface area contributed by atoms with E-state index in [4.69, 9.17) is 11.6 Å². The van der Waals surface area contributed by atoms with Gasteiger partial charge in [-0.3, -0.25) is 15.1 Å². The number of carbonyl (C=O) groups excluding carboxylic acids is 2. The van der Waals surface area contributed by atoms with E-state index in [1.165, 1.54) is 0 Å². The number of carbonyl (C=O) groups is 2. The predicted molar refractivity (Wildman–Crippen MR) is 106 cm³/mol. The second-order valence-electron chi connectivity index (χ2n) is 5.52. The molecule has 0 unspecified atom stereocenters. The van der Waals surface area contributed by atoms with E-state index in [1.807, 2.05) is 18.2 Å². The molecule has 0 aliphatic heterocycles. The van der Waals surface area contributed by atoms with E-state index in [1.54, 1.807) is 37.4 Å². The van der Waals surface area contributed by atoms with Gasteiger partial charge in [0.25, 0.3) is 5.91 Å². The predicted octanol–water partition coefficient (Wildman–Crippen LogP) is 4.07. The molecule has 0 aliphatic carbocycles. The molecule has 0 radical (unpaired) electrons. The van der Waals surface area contributed by atoms with Gasteiger partial charge in [-0.05, 0) is 43.3 Å². The van der Waals surface area contributed by atoms with Crippen LogP contribution in [0.25, 0.3) is 0 Å². The summed E-state index contributed by atoms with van der Waals surface area (Å²) in [6.45, 7) is 2.03. The second-order valence-corrected chi connectivity index (χ2v) is 6.96. The van der Waals surface area contributed by atoms with E-state index >= 15 is 0 Å². The van der Waals surface area contributed by atoms with Crippen molar-refractivity contribution in [2.75, 3.05) is 10.6 Å². The van der Waals surface area contributed by atoms with E-state index in [9.17, 15) is 9.59 Å². The molecule has 3 aromatic rings. The third-order valence-corrected chi connectivity index (χ3v) is 4.81. The molecule has 0 atom stereocenters. The van der Waals surface area contributed by atoms with Crippen LogP contribution in [0.4, 0.5) is 15.6 Å². The SMILES string of the molecule is Cc1nc(NC(=O)Nc2ccc(Cl)cc2)sc1C(=O)NCc1ccccn1. The number of pyridine rings is 1. The zero-order valence-electron chi connectivity index (χ0n) is 14.3. The van der Waals surface area contributed by atoms with Crippen molar-refractivity contribution in [3.05, 3.63) is 69.9 Å². The molecule has 7 nitrogen and oxygen atoms in total. The van der Waals surface area contributed by atoms with Crippen LogP contribution in [0.2, 0.25) is 5.02 Å². The van der Waals surface area contributed by atoms with Crippen molar-refractivity contribution in [3.63, 3.8) is 0 Å². The van der Waals surface area contributed by atoms with E-state index in [2.05, 4.69) is 25.9 Å². The summed E-state index contributed by atoms with van der Waals surface area (Å²) in [7, 11) is 0. The summed E-state index contributed by atoms with van der Waals surface area (Å²) < 4.78 is 0. The van der Waals surface area contributed by atoms with Gasteiger partial charge in [-0.15, -0.1) is 0 Å². The Bertz CT molecular complexity index is 944. The monoisotopic (exact) mass is 401 g/mol. The number of amides is 3. The summed E-state index contributed by atoms with van der Waals surface area (Å²) >= 11 is 6.92. The van der Waals surface area contributed by atoms with Crippen LogP contribution in [-0.4, -0.2) is 21.9 Å². The highest BCUT2D eigenvalue weighted by Gasteiger charge is 2.16.